The molecule has 1 fully saturated rings. The third kappa shape index (κ3) is 3.00. The van der Waals surface area contributed by atoms with Crippen LogP contribution in [0.2, 0.25) is 0 Å². The van der Waals surface area contributed by atoms with E-state index in [9.17, 15) is 9.90 Å². The van der Waals surface area contributed by atoms with Crippen molar-refractivity contribution in [1.29, 1.82) is 0 Å². The average molecular weight is 281 g/mol. The van der Waals surface area contributed by atoms with Gasteiger partial charge in [0.25, 0.3) is 0 Å². The van der Waals surface area contributed by atoms with E-state index in [1.54, 1.807) is 11.3 Å². The smallest absolute Gasteiger partial charge is 0.231 e. The summed E-state index contributed by atoms with van der Waals surface area (Å²) in [7, 11) is 0. The van der Waals surface area contributed by atoms with E-state index >= 15 is 0 Å². The van der Waals surface area contributed by atoms with Crippen LogP contribution in [-0.4, -0.2) is 23.7 Å². The van der Waals surface area contributed by atoms with Gasteiger partial charge in [0.1, 0.15) is 0 Å². The fraction of sp³-hybridized carbons (Fsp3) is 0.667. The third-order valence-corrected chi connectivity index (χ3v) is 5.26. The summed E-state index contributed by atoms with van der Waals surface area (Å²) in [5.74, 6) is 0.107. The Balaban J connectivity index is 2.20. The van der Waals surface area contributed by atoms with Crippen molar-refractivity contribution in [2.24, 2.45) is 0 Å². The summed E-state index contributed by atoms with van der Waals surface area (Å²) in [6.07, 6.45) is 6.07. The first-order valence-corrected chi connectivity index (χ1v) is 8.06. The first-order valence-electron chi connectivity index (χ1n) is 7.18. The molecule has 1 aliphatic rings. The fourth-order valence-corrected chi connectivity index (χ4v) is 3.88. The van der Waals surface area contributed by atoms with Gasteiger partial charge < -0.3 is 10.4 Å². The van der Waals surface area contributed by atoms with E-state index in [-0.39, 0.29) is 24.0 Å². The molecular formula is C15H23NO2S. The molecule has 1 amide bonds. The standard InChI is InChI=1S/C15H23NO2S/c1-2-12(11-17)16-14(18)15(8-4-3-5-9-15)13-7-6-10-19-13/h6-7,10,12,17H,2-5,8-9,11H2,1H3,(H,16,18). The van der Waals surface area contributed by atoms with Crippen molar-refractivity contribution < 1.29 is 9.90 Å². The lowest BCUT2D eigenvalue weighted by Crippen LogP contribution is -2.49. The molecule has 0 aliphatic heterocycles. The van der Waals surface area contributed by atoms with Crippen LogP contribution in [0.25, 0.3) is 0 Å². The van der Waals surface area contributed by atoms with Gasteiger partial charge in [-0.1, -0.05) is 32.3 Å². The van der Waals surface area contributed by atoms with E-state index in [1.807, 2.05) is 18.4 Å². The lowest BCUT2D eigenvalue weighted by Gasteiger charge is -2.36. The highest BCUT2D eigenvalue weighted by Crippen LogP contribution is 2.41. The first-order chi connectivity index (χ1) is 9.23. The van der Waals surface area contributed by atoms with Gasteiger partial charge in [0.05, 0.1) is 18.1 Å². The topological polar surface area (TPSA) is 49.3 Å². The second kappa shape index (κ2) is 6.53. The number of aliphatic hydroxyl groups is 1. The van der Waals surface area contributed by atoms with Crippen molar-refractivity contribution in [3.05, 3.63) is 22.4 Å². The van der Waals surface area contributed by atoms with Crippen LogP contribution in [0, 0.1) is 0 Å². The molecule has 0 bridgehead atoms. The Morgan fingerprint density at radius 1 is 1.47 bits per heavy atom. The average Bonchev–Trinajstić information content (AvgIpc) is 2.99. The summed E-state index contributed by atoms with van der Waals surface area (Å²) in [6, 6.07) is 3.98. The number of carbonyl (C=O) groups is 1. The molecule has 1 atom stereocenters. The molecular weight excluding hydrogens is 258 g/mol. The van der Waals surface area contributed by atoms with Gasteiger partial charge in [-0.25, -0.2) is 0 Å². The summed E-state index contributed by atoms with van der Waals surface area (Å²) in [6.45, 7) is 2.00. The monoisotopic (exact) mass is 281 g/mol. The predicted molar refractivity (Wildman–Crippen MR) is 78.4 cm³/mol. The van der Waals surface area contributed by atoms with Gasteiger partial charge in [-0.3, -0.25) is 4.79 Å². The van der Waals surface area contributed by atoms with Gasteiger partial charge >= 0.3 is 0 Å². The second-order valence-corrected chi connectivity index (χ2v) is 6.33. The summed E-state index contributed by atoms with van der Waals surface area (Å²) < 4.78 is 0. The maximum atomic E-state index is 12.7. The summed E-state index contributed by atoms with van der Waals surface area (Å²) in [5, 5.41) is 14.4. The van der Waals surface area contributed by atoms with Crippen LogP contribution < -0.4 is 5.32 Å². The van der Waals surface area contributed by atoms with E-state index in [0.717, 1.165) is 32.1 Å². The van der Waals surface area contributed by atoms with Crippen LogP contribution in [0.4, 0.5) is 0 Å². The molecule has 106 valence electrons. The number of hydrogen-bond acceptors (Lipinski definition) is 3. The zero-order valence-corrected chi connectivity index (χ0v) is 12.3. The largest absolute Gasteiger partial charge is 0.394 e. The Hall–Kier alpha value is -0.870. The van der Waals surface area contributed by atoms with E-state index in [1.165, 1.54) is 11.3 Å². The molecule has 0 radical (unpaired) electrons. The molecule has 1 aliphatic carbocycles. The maximum Gasteiger partial charge on any atom is 0.231 e. The SMILES string of the molecule is CCC(CO)NC(=O)C1(c2cccs2)CCCCC1. The Morgan fingerprint density at radius 3 is 2.74 bits per heavy atom. The van der Waals surface area contributed by atoms with E-state index in [0.29, 0.717) is 0 Å². The zero-order valence-electron chi connectivity index (χ0n) is 11.5. The predicted octanol–water partition coefficient (Wildman–Crippen LogP) is 2.84. The number of thiophene rings is 1. The number of nitrogens with one attached hydrogen (secondary N) is 1. The Kier molecular flexibility index (Phi) is 4.99. The van der Waals surface area contributed by atoms with Gasteiger partial charge in [0.15, 0.2) is 0 Å². The lowest BCUT2D eigenvalue weighted by molar-refractivity contribution is -0.129. The molecule has 2 rings (SSSR count). The van der Waals surface area contributed by atoms with E-state index in [4.69, 9.17) is 0 Å². The van der Waals surface area contributed by atoms with Gasteiger partial charge in [-0.05, 0) is 30.7 Å². The minimum absolute atomic E-state index is 0.0166. The van der Waals surface area contributed by atoms with Crippen LogP contribution in [0.5, 0.6) is 0 Å². The number of carbonyl (C=O) groups excluding carboxylic acids is 1. The summed E-state index contributed by atoms with van der Waals surface area (Å²) in [5.41, 5.74) is -0.352. The molecule has 19 heavy (non-hydrogen) atoms. The molecule has 0 spiro atoms. The van der Waals surface area contributed by atoms with Crippen molar-refractivity contribution in [1.82, 2.24) is 5.32 Å². The van der Waals surface area contributed by atoms with Crippen LogP contribution in [0.1, 0.15) is 50.3 Å². The normalized spacial score (nSPS) is 19.9. The van der Waals surface area contributed by atoms with Crippen molar-refractivity contribution in [2.45, 2.75) is 56.9 Å². The minimum atomic E-state index is -0.352. The van der Waals surface area contributed by atoms with Crippen molar-refractivity contribution in [3.63, 3.8) is 0 Å². The highest BCUT2D eigenvalue weighted by molar-refractivity contribution is 7.10. The summed E-state index contributed by atoms with van der Waals surface area (Å²) >= 11 is 1.68. The molecule has 0 saturated heterocycles. The zero-order chi connectivity index (χ0) is 13.7. The van der Waals surface area contributed by atoms with Gasteiger partial charge in [-0.15, -0.1) is 11.3 Å². The molecule has 1 unspecified atom stereocenters. The molecule has 1 saturated carbocycles. The molecule has 1 aromatic heterocycles. The lowest BCUT2D eigenvalue weighted by atomic mass is 9.72. The molecule has 0 aromatic carbocycles. The van der Waals surface area contributed by atoms with Crippen LogP contribution in [0.3, 0.4) is 0 Å². The molecule has 2 N–H and O–H groups in total. The molecule has 4 heteroatoms. The fourth-order valence-electron chi connectivity index (χ4n) is 2.89. The number of hydrogen-bond donors (Lipinski definition) is 2. The minimum Gasteiger partial charge on any atom is -0.394 e. The van der Waals surface area contributed by atoms with Crippen molar-refractivity contribution in [3.8, 4) is 0 Å². The van der Waals surface area contributed by atoms with Gasteiger partial charge in [0.2, 0.25) is 5.91 Å². The number of rotatable bonds is 5. The maximum absolute atomic E-state index is 12.7. The Labute approximate surface area is 119 Å². The van der Waals surface area contributed by atoms with Gasteiger partial charge in [0, 0.05) is 4.88 Å². The van der Waals surface area contributed by atoms with Crippen LogP contribution in [-0.2, 0) is 10.2 Å². The molecule has 3 nitrogen and oxygen atoms in total. The Morgan fingerprint density at radius 2 is 2.21 bits per heavy atom. The van der Waals surface area contributed by atoms with Gasteiger partial charge in [-0.2, -0.15) is 0 Å². The van der Waals surface area contributed by atoms with Crippen molar-refractivity contribution >= 4 is 17.2 Å². The molecule has 1 aromatic rings. The Bertz CT molecular complexity index is 392. The van der Waals surface area contributed by atoms with E-state index < -0.39 is 0 Å². The third-order valence-electron chi connectivity index (χ3n) is 4.18. The number of amides is 1. The van der Waals surface area contributed by atoms with Crippen LogP contribution in [0.15, 0.2) is 17.5 Å². The van der Waals surface area contributed by atoms with E-state index in [2.05, 4.69) is 11.4 Å². The quantitative estimate of drug-likeness (QED) is 0.872. The first kappa shape index (κ1) is 14.5. The van der Waals surface area contributed by atoms with Crippen molar-refractivity contribution in [2.75, 3.05) is 6.61 Å². The highest BCUT2D eigenvalue weighted by Gasteiger charge is 2.42. The summed E-state index contributed by atoms with van der Waals surface area (Å²) in [4.78, 5) is 13.9. The van der Waals surface area contributed by atoms with Crippen LogP contribution >= 0.6 is 11.3 Å². The highest BCUT2D eigenvalue weighted by atomic mass is 32.1. The molecule has 1 heterocycles. The number of aliphatic hydroxyl groups excluding tert-OH is 1. The second-order valence-electron chi connectivity index (χ2n) is 5.38.